The van der Waals surface area contributed by atoms with Gasteiger partial charge in [0.2, 0.25) is 5.91 Å². The molecule has 1 aliphatic rings. The Morgan fingerprint density at radius 3 is 2.75 bits per heavy atom. The number of carbonyl (C=O) groups excluding carboxylic acids is 1. The van der Waals surface area contributed by atoms with Crippen LogP contribution in [-0.2, 0) is 4.79 Å². The van der Waals surface area contributed by atoms with Gasteiger partial charge in [0.1, 0.15) is 0 Å². The normalized spacial score (nSPS) is 25.8. The van der Waals surface area contributed by atoms with Crippen molar-refractivity contribution < 1.29 is 4.79 Å². The number of rotatable bonds is 5. The molecule has 4 heteroatoms. The summed E-state index contributed by atoms with van der Waals surface area (Å²) in [4.78, 5) is 12.0. The van der Waals surface area contributed by atoms with Crippen molar-refractivity contribution in [2.75, 3.05) is 11.6 Å². The number of alkyl halides is 1. The Bertz CT molecular complexity index is 245. The largest absolute Gasteiger partial charge is 0.352 e. The summed E-state index contributed by atoms with van der Waals surface area (Å²) in [6.07, 6.45) is 3.57. The van der Waals surface area contributed by atoms with Crippen molar-refractivity contribution in [1.29, 1.82) is 0 Å². The first-order chi connectivity index (χ1) is 7.51. The highest BCUT2D eigenvalue weighted by atomic mass is 35.5. The number of nitrogens with one attached hydrogen (secondary N) is 1. The smallest absolute Gasteiger partial charge is 0.227 e. The van der Waals surface area contributed by atoms with Gasteiger partial charge in [-0.1, -0.05) is 13.3 Å². The Labute approximate surface area is 108 Å². The van der Waals surface area contributed by atoms with Gasteiger partial charge in [0.15, 0.2) is 0 Å². The lowest BCUT2D eigenvalue weighted by Crippen LogP contribution is -2.46. The average molecular weight is 264 g/mol. The van der Waals surface area contributed by atoms with Crippen LogP contribution in [0.3, 0.4) is 0 Å². The van der Waals surface area contributed by atoms with Crippen molar-refractivity contribution in [3.05, 3.63) is 0 Å². The third-order valence-corrected chi connectivity index (χ3v) is 5.09. The molecule has 0 bridgehead atoms. The van der Waals surface area contributed by atoms with E-state index in [4.69, 9.17) is 11.6 Å². The van der Waals surface area contributed by atoms with Crippen molar-refractivity contribution in [1.82, 2.24) is 5.32 Å². The molecule has 16 heavy (non-hydrogen) atoms. The lowest BCUT2D eigenvalue weighted by atomic mass is 9.94. The molecule has 2 atom stereocenters. The van der Waals surface area contributed by atoms with Gasteiger partial charge in [-0.15, -0.1) is 11.6 Å². The molecule has 0 aliphatic heterocycles. The monoisotopic (exact) mass is 263 g/mol. The minimum atomic E-state index is -0.453. The maximum Gasteiger partial charge on any atom is 0.227 e. The Morgan fingerprint density at radius 2 is 2.19 bits per heavy atom. The predicted molar refractivity (Wildman–Crippen MR) is 72.2 cm³/mol. The number of amides is 1. The second-order valence-electron chi connectivity index (χ2n) is 5.02. The number of carbonyl (C=O) groups is 1. The highest BCUT2D eigenvalue weighted by Crippen LogP contribution is 2.30. The molecule has 0 aromatic carbocycles. The first kappa shape index (κ1) is 14.2. The lowest BCUT2D eigenvalue weighted by molar-refractivity contribution is -0.128. The van der Waals surface area contributed by atoms with E-state index in [0.29, 0.717) is 17.2 Å². The first-order valence-corrected chi connectivity index (χ1v) is 7.58. The van der Waals surface area contributed by atoms with Crippen LogP contribution >= 0.6 is 23.4 Å². The zero-order valence-electron chi connectivity index (χ0n) is 10.4. The molecule has 0 aromatic heterocycles. The molecule has 2 nitrogen and oxygen atoms in total. The highest BCUT2D eigenvalue weighted by Gasteiger charge is 2.33. The topological polar surface area (TPSA) is 29.1 Å². The molecule has 1 saturated carbocycles. The van der Waals surface area contributed by atoms with Gasteiger partial charge in [-0.25, -0.2) is 0 Å². The van der Waals surface area contributed by atoms with Gasteiger partial charge in [0.25, 0.3) is 0 Å². The summed E-state index contributed by atoms with van der Waals surface area (Å²) in [5.74, 6) is 1.59. The quantitative estimate of drug-likeness (QED) is 0.773. The van der Waals surface area contributed by atoms with Crippen molar-refractivity contribution in [3.63, 3.8) is 0 Å². The SMILES string of the molecule is CCSC1CCCC1NC(=O)C(C)(C)CCl. The Balaban J connectivity index is 2.50. The van der Waals surface area contributed by atoms with Crippen LogP contribution in [0.5, 0.6) is 0 Å². The summed E-state index contributed by atoms with van der Waals surface area (Å²) in [5, 5.41) is 3.76. The molecular weight excluding hydrogens is 242 g/mol. The molecule has 94 valence electrons. The fraction of sp³-hybridized carbons (Fsp3) is 0.917. The Hall–Kier alpha value is 0.110. The molecule has 0 aromatic rings. The molecule has 1 fully saturated rings. The molecule has 2 unspecified atom stereocenters. The van der Waals surface area contributed by atoms with Crippen LogP contribution in [0, 0.1) is 5.41 Å². The molecule has 0 radical (unpaired) electrons. The molecule has 0 spiro atoms. The van der Waals surface area contributed by atoms with E-state index in [2.05, 4.69) is 12.2 Å². The predicted octanol–water partition coefficient (Wildman–Crippen LogP) is 3.04. The third-order valence-electron chi connectivity index (χ3n) is 3.10. The van der Waals surface area contributed by atoms with E-state index >= 15 is 0 Å². The molecule has 1 aliphatic carbocycles. The van der Waals surface area contributed by atoms with Gasteiger partial charge >= 0.3 is 0 Å². The molecule has 0 heterocycles. The van der Waals surface area contributed by atoms with Gasteiger partial charge in [0.05, 0.1) is 5.41 Å². The summed E-state index contributed by atoms with van der Waals surface area (Å²) in [6.45, 7) is 5.96. The number of thioether (sulfide) groups is 1. The van der Waals surface area contributed by atoms with Crippen molar-refractivity contribution >= 4 is 29.3 Å². The molecule has 1 amide bonds. The summed E-state index contributed by atoms with van der Waals surface area (Å²) in [5.41, 5.74) is -0.453. The summed E-state index contributed by atoms with van der Waals surface area (Å²) >= 11 is 7.76. The fourth-order valence-electron chi connectivity index (χ4n) is 1.93. The van der Waals surface area contributed by atoms with E-state index in [-0.39, 0.29) is 5.91 Å². The third kappa shape index (κ3) is 3.56. The summed E-state index contributed by atoms with van der Waals surface area (Å²) < 4.78 is 0. The average Bonchev–Trinajstić information content (AvgIpc) is 2.66. The number of halogens is 1. The van der Waals surface area contributed by atoms with Gasteiger partial charge in [-0.2, -0.15) is 11.8 Å². The Morgan fingerprint density at radius 1 is 1.50 bits per heavy atom. The van der Waals surface area contributed by atoms with E-state index < -0.39 is 5.41 Å². The van der Waals surface area contributed by atoms with Crippen LogP contribution in [0.2, 0.25) is 0 Å². The van der Waals surface area contributed by atoms with E-state index in [1.807, 2.05) is 25.6 Å². The molecule has 0 saturated heterocycles. The van der Waals surface area contributed by atoms with Crippen molar-refractivity contribution in [3.8, 4) is 0 Å². The standard InChI is InChI=1S/C12H22ClNOS/c1-4-16-10-7-5-6-9(10)14-11(15)12(2,3)8-13/h9-10H,4-8H2,1-3H3,(H,14,15). The molecular formula is C12H22ClNOS. The summed E-state index contributed by atoms with van der Waals surface area (Å²) in [7, 11) is 0. The van der Waals surface area contributed by atoms with Crippen molar-refractivity contribution in [2.45, 2.75) is 51.3 Å². The van der Waals surface area contributed by atoms with E-state index in [9.17, 15) is 4.79 Å². The van der Waals surface area contributed by atoms with Crippen molar-refractivity contribution in [2.24, 2.45) is 5.41 Å². The van der Waals surface area contributed by atoms with Gasteiger partial charge in [-0.05, 0) is 32.4 Å². The van der Waals surface area contributed by atoms with Crippen LogP contribution in [0.4, 0.5) is 0 Å². The first-order valence-electron chi connectivity index (χ1n) is 5.99. The lowest BCUT2D eigenvalue weighted by Gasteiger charge is -2.26. The van der Waals surface area contributed by atoms with Gasteiger partial charge in [-0.3, -0.25) is 4.79 Å². The second-order valence-corrected chi connectivity index (χ2v) is 6.81. The van der Waals surface area contributed by atoms with Crippen LogP contribution < -0.4 is 5.32 Å². The minimum Gasteiger partial charge on any atom is -0.352 e. The molecule has 1 rings (SSSR count). The van der Waals surface area contributed by atoms with Crippen LogP contribution in [-0.4, -0.2) is 28.8 Å². The van der Waals surface area contributed by atoms with Gasteiger partial charge in [0, 0.05) is 17.2 Å². The van der Waals surface area contributed by atoms with E-state index in [1.165, 1.54) is 12.8 Å². The zero-order chi connectivity index (χ0) is 12.2. The number of hydrogen-bond donors (Lipinski definition) is 1. The fourth-order valence-corrected chi connectivity index (χ4v) is 3.25. The highest BCUT2D eigenvalue weighted by molar-refractivity contribution is 7.99. The number of hydrogen-bond acceptors (Lipinski definition) is 2. The van der Waals surface area contributed by atoms with Crippen LogP contribution in [0.15, 0.2) is 0 Å². The van der Waals surface area contributed by atoms with E-state index in [0.717, 1.165) is 12.2 Å². The summed E-state index contributed by atoms with van der Waals surface area (Å²) in [6, 6.07) is 0.347. The van der Waals surface area contributed by atoms with Crippen LogP contribution in [0.1, 0.15) is 40.0 Å². The maximum absolute atomic E-state index is 12.0. The van der Waals surface area contributed by atoms with E-state index in [1.54, 1.807) is 0 Å². The maximum atomic E-state index is 12.0. The minimum absolute atomic E-state index is 0.0936. The molecule has 1 N–H and O–H groups in total. The van der Waals surface area contributed by atoms with Gasteiger partial charge < -0.3 is 5.32 Å². The second kappa shape index (κ2) is 6.15. The Kier molecular flexibility index (Phi) is 5.45. The zero-order valence-corrected chi connectivity index (χ0v) is 12.0. The van der Waals surface area contributed by atoms with Crippen LogP contribution in [0.25, 0.3) is 0 Å².